The summed E-state index contributed by atoms with van der Waals surface area (Å²) in [7, 11) is -2.20. The van der Waals surface area contributed by atoms with Crippen LogP contribution in [0, 0.1) is 0 Å². The molecule has 0 spiro atoms. The monoisotopic (exact) mass is 755 g/mol. The van der Waals surface area contributed by atoms with Gasteiger partial charge in [-0.3, -0.25) is 14.3 Å². The Labute approximate surface area is 318 Å². The van der Waals surface area contributed by atoms with Crippen molar-refractivity contribution in [3.63, 3.8) is 0 Å². The van der Waals surface area contributed by atoms with Crippen molar-refractivity contribution in [3.05, 3.63) is 70.5 Å². The average Bonchev–Trinajstić information content (AvgIpc) is 3.66. The molecule has 0 bridgehead atoms. The fraction of sp³-hybridized carbons (Fsp3) is 0.500. The van der Waals surface area contributed by atoms with Crippen LogP contribution in [0.1, 0.15) is 136 Å². The number of ether oxygens (including phenoxy) is 1. The maximum Gasteiger partial charge on any atom is 0.264 e. The molecule has 1 saturated carbocycles. The second-order valence-electron chi connectivity index (χ2n) is 16.3. The van der Waals surface area contributed by atoms with Crippen molar-refractivity contribution in [2.45, 2.75) is 122 Å². The number of sulfonamides is 1. The molecule has 0 unspecified atom stereocenters. The SMILES string of the molecule is COc1ccc2c(c1)C=C(c1c(C(=O)N3CC[C@](C)(O)C[C@@H]3C)cnn1C(C)C)Cn1c-2c(C2CCCCC2)c2ccc(C(=O)NS(=O)(=O)C(C)C)cc21. The number of aliphatic hydroxyl groups is 1. The lowest BCUT2D eigenvalue weighted by Gasteiger charge is -2.41. The van der Waals surface area contributed by atoms with E-state index in [-0.39, 0.29) is 23.6 Å². The molecule has 4 aromatic rings. The molecule has 2 fully saturated rings. The first kappa shape index (κ1) is 37.9. The second kappa shape index (κ2) is 14.3. The average molecular weight is 756 g/mol. The Morgan fingerprint density at radius 3 is 2.44 bits per heavy atom. The Kier molecular flexibility index (Phi) is 10.1. The van der Waals surface area contributed by atoms with Crippen LogP contribution in [0.15, 0.2) is 42.6 Å². The molecule has 12 heteroatoms. The van der Waals surface area contributed by atoms with E-state index in [2.05, 4.69) is 21.4 Å². The standard InChI is InChI=1S/C42H53N5O6S/c1-25(2)47-38(35(23-43-47)41(49)45-18-17-42(6,50)22-27(45)5)31-19-30-20-32(53-7)14-16-33(30)39-37(28-11-9-8-10-12-28)34-15-13-29(21-36(34)46(39)24-31)40(48)44-54(51,52)26(3)4/h13-16,19-21,23,25-28,50H,8-12,17-18,22,24H2,1-7H3,(H,44,48)/t27-,42-/m0/s1. The summed E-state index contributed by atoms with van der Waals surface area (Å²) < 4.78 is 37.7. The molecule has 2 aromatic heterocycles. The van der Waals surface area contributed by atoms with E-state index < -0.39 is 26.8 Å². The summed E-state index contributed by atoms with van der Waals surface area (Å²) >= 11 is 0. The van der Waals surface area contributed by atoms with Crippen molar-refractivity contribution in [2.24, 2.45) is 0 Å². The maximum atomic E-state index is 14.5. The number of aromatic nitrogens is 3. The molecule has 1 saturated heterocycles. The molecular formula is C42H53N5O6S. The number of fused-ring (bicyclic) bond motifs is 5. The predicted octanol–water partition coefficient (Wildman–Crippen LogP) is 7.54. The van der Waals surface area contributed by atoms with Crippen LogP contribution in [0.25, 0.3) is 33.8 Å². The van der Waals surface area contributed by atoms with Crippen molar-refractivity contribution >= 4 is 44.4 Å². The number of allylic oxidation sites excluding steroid dienone is 1. The van der Waals surface area contributed by atoms with Gasteiger partial charge in [0.25, 0.3) is 11.8 Å². The Bertz CT molecular complexity index is 2260. The van der Waals surface area contributed by atoms with E-state index in [1.54, 1.807) is 33.2 Å². The lowest BCUT2D eigenvalue weighted by atomic mass is 9.81. The summed E-state index contributed by atoms with van der Waals surface area (Å²) in [5.74, 6) is 0.212. The van der Waals surface area contributed by atoms with Gasteiger partial charge in [0.15, 0.2) is 0 Å². The zero-order chi connectivity index (χ0) is 38.7. The molecule has 2 atom stereocenters. The number of rotatable bonds is 8. The molecule has 2 N–H and O–H groups in total. The molecule has 2 amide bonds. The Balaban J connectivity index is 1.46. The number of hydrogen-bond acceptors (Lipinski definition) is 7. The van der Waals surface area contributed by atoms with E-state index in [9.17, 15) is 23.1 Å². The van der Waals surface area contributed by atoms with Gasteiger partial charge in [-0.25, -0.2) is 13.1 Å². The number of nitrogens with zero attached hydrogens (tertiary/aromatic N) is 4. The third kappa shape index (κ3) is 6.87. The lowest BCUT2D eigenvalue weighted by molar-refractivity contribution is -0.0219. The summed E-state index contributed by atoms with van der Waals surface area (Å²) in [4.78, 5) is 29.9. The molecule has 7 rings (SSSR count). The minimum Gasteiger partial charge on any atom is -0.497 e. The summed E-state index contributed by atoms with van der Waals surface area (Å²) in [5, 5.41) is 15.9. The van der Waals surface area contributed by atoms with E-state index in [1.165, 1.54) is 12.0 Å². The number of benzene rings is 2. The first-order valence-corrected chi connectivity index (χ1v) is 20.9. The molecule has 0 radical (unpaired) electrons. The van der Waals surface area contributed by atoms with E-state index in [4.69, 9.17) is 9.84 Å². The topological polar surface area (TPSA) is 136 Å². The minimum atomic E-state index is -3.85. The third-order valence-corrected chi connectivity index (χ3v) is 13.4. The summed E-state index contributed by atoms with van der Waals surface area (Å²) in [6.45, 7) is 11.8. The zero-order valence-electron chi connectivity index (χ0n) is 32.5. The molecular weight excluding hydrogens is 703 g/mol. The predicted molar refractivity (Wildman–Crippen MR) is 212 cm³/mol. The van der Waals surface area contributed by atoms with Crippen LogP contribution in [0.5, 0.6) is 5.75 Å². The van der Waals surface area contributed by atoms with Crippen LogP contribution >= 0.6 is 0 Å². The van der Waals surface area contributed by atoms with Gasteiger partial charge in [-0.2, -0.15) is 5.10 Å². The molecule has 2 aromatic carbocycles. The highest BCUT2D eigenvalue weighted by Gasteiger charge is 2.38. The minimum absolute atomic E-state index is 0.0631. The van der Waals surface area contributed by atoms with Crippen LogP contribution in [-0.2, 0) is 16.6 Å². The highest BCUT2D eigenvalue weighted by molar-refractivity contribution is 7.90. The van der Waals surface area contributed by atoms with Gasteiger partial charge >= 0.3 is 0 Å². The second-order valence-corrected chi connectivity index (χ2v) is 18.5. The summed E-state index contributed by atoms with van der Waals surface area (Å²) in [6.07, 6.45) is 10.3. The zero-order valence-corrected chi connectivity index (χ0v) is 33.3. The molecule has 2 aliphatic heterocycles. The molecule has 54 heavy (non-hydrogen) atoms. The summed E-state index contributed by atoms with van der Waals surface area (Å²) in [5.41, 5.74) is 6.60. The first-order chi connectivity index (χ1) is 25.6. The van der Waals surface area contributed by atoms with Gasteiger partial charge < -0.3 is 19.3 Å². The van der Waals surface area contributed by atoms with Crippen molar-refractivity contribution in [1.29, 1.82) is 0 Å². The Morgan fingerprint density at radius 2 is 1.78 bits per heavy atom. The lowest BCUT2D eigenvalue weighted by Crippen LogP contribution is -2.50. The van der Waals surface area contributed by atoms with Gasteiger partial charge in [-0.1, -0.05) is 25.3 Å². The highest BCUT2D eigenvalue weighted by Crippen LogP contribution is 2.48. The molecule has 288 valence electrons. The van der Waals surface area contributed by atoms with Gasteiger partial charge in [0.1, 0.15) is 5.75 Å². The molecule has 11 nitrogen and oxygen atoms in total. The number of nitrogens with one attached hydrogen (secondary N) is 1. The van der Waals surface area contributed by atoms with E-state index in [0.717, 1.165) is 64.7 Å². The van der Waals surface area contributed by atoms with Gasteiger partial charge in [0, 0.05) is 40.7 Å². The van der Waals surface area contributed by atoms with Gasteiger partial charge in [-0.05, 0) is 126 Å². The van der Waals surface area contributed by atoms with E-state index in [0.29, 0.717) is 43.2 Å². The van der Waals surface area contributed by atoms with Crippen LogP contribution < -0.4 is 9.46 Å². The fourth-order valence-corrected chi connectivity index (χ4v) is 9.36. The van der Waals surface area contributed by atoms with Crippen LogP contribution in [0.3, 0.4) is 0 Å². The normalized spacial score (nSPS) is 20.8. The van der Waals surface area contributed by atoms with Crippen LogP contribution in [0.2, 0.25) is 0 Å². The number of hydrogen-bond donors (Lipinski definition) is 2. The van der Waals surface area contributed by atoms with Crippen molar-refractivity contribution in [1.82, 2.24) is 24.0 Å². The van der Waals surface area contributed by atoms with E-state index >= 15 is 0 Å². The van der Waals surface area contributed by atoms with Crippen LogP contribution in [0.4, 0.5) is 0 Å². The number of carbonyl (C=O) groups is 2. The molecule has 4 heterocycles. The van der Waals surface area contributed by atoms with Gasteiger partial charge in [0.05, 0.1) is 47.7 Å². The number of carbonyl (C=O) groups excluding carboxylic acids is 2. The Hall–Kier alpha value is -4.42. The fourth-order valence-electron chi connectivity index (χ4n) is 8.75. The van der Waals surface area contributed by atoms with Crippen LogP contribution in [-0.4, -0.2) is 75.1 Å². The first-order valence-electron chi connectivity index (χ1n) is 19.3. The molecule has 3 aliphatic rings. The maximum absolute atomic E-state index is 14.5. The van der Waals surface area contributed by atoms with Crippen molar-refractivity contribution in [2.75, 3.05) is 13.7 Å². The Morgan fingerprint density at radius 1 is 1.04 bits per heavy atom. The van der Waals surface area contributed by atoms with Gasteiger partial charge in [0.2, 0.25) is 10.0 Å². The molecule has 1 aliphatic carbocycles. The highest BCUT2D eigenvalue weighted by atomic mass is 32.2. The largest absolute Gasteiger partial charge is 0.497 e. The van der Waals surface area contributed by atoms with Gasteiger partial charge in [-0.15, -0.1) is 0 Å². The quantitative estimate of drug-likeness (QED) is 0.190. The van der Waals surface area contributed by atoms with E-state index in [1.807, 2.05) is 61.5 Å². The summed E-state index contributed by atoms with van der Waals surface area (Å²) in [6, 6.07) is 11.4. The number of likely N-dealkylation sites (tertiary alicyclic amines) is 1. The number of amides is 2. The number of piperidine rings is 1. The third-order valence-electron chi connectivity index (χ3n) is 11.6. The number of methoxy groups -OCH3 is 1. The smallest absolute Gasteiger partial charge is 0.264 e. The van der Waals surface area contributed by atoms with Crippen molar-refractivity contribution < 1.29 is 27.9 Å². The van der Waals surface area contributed by atoms with Crippen molar-refractivity contribution in [3.8, 4) is 17.0 Å².